The van der Waals surface area contributed by atoms with Gasteiger partial charge in [0, 0.05) is 35.8 Å². The second-order valence-electron chi connectivity index (χ2n) is 10.3. The average molecular weight is 500 g/mol. The van der Waals surface area contributed by atoms with Crippen LogP contribution in [0.1, 0.15) is 87.3 Å². The van der Waals surface area contributed by atoms with Crippen LogP contribution in [0.5, 0.6) is 0 Å². The predicted octanol–water partition coefficient (Wildman–Crippen LogP) is 6.44. The second kappa shape index (κ2) is 9.85. The van der Waals surface area contributed by atoms with E-state index in [1.807, 2.05) is 39.8 Å². The minimum Gasteiger partial charge on any atom is -0.481 e. The normalized spacial score (nSPS) is 14.7. The van der Waals surface area contributed by atoms with Gasteiger partial charge in [0.2, 0.25) is 5.91 Å². The molecule has 0 aliphatic heterocycles. The summed E-state index contributed by atoms with van der Waals surface area (Å²) in [5.41, 5.74) is 3.36. The number of aryl methyl sites for hydroxylation is 1. The third kappa shape index (κ3) is 5.93. The van der Waals surface area contributed by atoms with Crippen molar-refractivity contribution in [1.82, 2.24) is 10.3 Å². The molecule has 3 aromatic rings. The van der Waals surface area contributed by atoms with Gasteiger partial charge in [0.1, 0.15) is 5.76 Å². The molecule has 186 valence electrons. The smallest absolute Gasteiger partial charge is 0.303 e. The lowest BCUT2D eigenvalue weighted by Gasteiger charge is -2.16. The number of carbonyl (C=O) groups excluding carboxylic acids is 1. The topological polar surface area (TPSA) is 118 Å². The first-order chi connectivity index (χ1) is 16.5. The maximum Gasteiger partial charge on any atom is 0.303 e. The molecule has 1 aliphatic carbocycles. The number of rotatable bonds is 9. The van der Waals surface area contributed by atoms with Crippen LogP contribution >= 0.6 is 11.6 Å². The fourth-order valence-electron chi connectivity index (χ4n) is 4.07. The van der Waals surface area contributed by atoms with Gasteiger partial charge < -0.3 is 19.5 Å². The number of amides is 1. The Balaban J connectivity index is 1.63. The van der Waals surface area contributed by atoms with E-state index in [1.54, 1.807) is 12.1 Å². The van der Waals surface area contributed by atoms with E-state index in [4.69, 9.17) is 20.6 Å². The van der Waals surface area contributed by atoms with Gasteiger partial charge in [0.25, 0.3) is 0 Å². The van der Waals surface area contributed by atoms with Crippen molar-refractivity contribution < 1.29 is 23.7 Å². The molecule has 0 radical (unpaired) electrons. The molecule has 0 unspecified atom stereocenters. The predicted molar refractivity (Wildman–Crippen MR) is 132 cm³/mol. The summed E-state index contributed by atoms with van der Waals surface area (Å²) in [6.07, 6.45) is 2.16. The molecule has 0 spiro atoms. The van der Waals surface area contributed by atoms with E-state index in [-0.39, 0.29) is 36.5 Å². The minimum atomic E-state index is -0.931. The van der Waals surface area contributed by atoms with E-state index in [0.29, 0.717) is 27.9 Å². The standard InChI is InChI=1S/C26H30ClN3O5/c1-14-5-9-18(17(27)11-14)28-21(31)12-16(8-10-22(32)33)24-23(15-6-7-15)25(35-30-24)19-13-20(34-29-19)26(2,3)4/h5,9,11,13,15-16H,6-8,10,12H2,1-4H3,(H,28,31)(H,32,33)/t16-/m0/s1. The Bertz CT molecular complexity index is 1240. The highest BCUT2D eigenvalue weighted by atomic mass is 35.5. The Labute approximate surface area is 209 Å². The number of hydrogen-bond donors (Lipinski definition) is 2. The van der Waals surface area contributed by atoms with E-state index in [0.717, 1.165) is 29.7 Å². The van der Waals surface area contributed by atoms with Crippen LogP contribution < -0.4 is 5.32 Å². The van der Waals surface area contributed by atoms with E-state index >= 15 is 0 Å². The third-order valence-corrected chi connectivity index (χ3v) is 6.46. The molecule has 1 aromatic carbocycles. The second-order valence-corrected chi connectivity index (χ2v) is 10.7. The Morgan fingerprint density at radius 2 is 1.94 bits per heavy atom. The molecule has 2 heterocycles. The van der Waals surface area contributed by atoms with Gasteiger partial charge in [0.15, 0.2) is 11.5 Å². The van der Waals surface area contributed by atoms with Gasteiger partial charge in [-0.15, -0.1) is 0 Å². The van der Waals surface area contributed by atoms with Crippen molar-refractivity contribution in [3.05, 3.63) is 51.9 Å². The van der Waals surface area contributed by atoms with E-state index < -0.39 is 11.9 Å². The molecular weight excluding hydrogens is 470 g/mol. The number of carbonyl (C=O) groups is 2. The van der Waals surface area contributed by atoms with Crippen molar-refractivity contribution in [1.29, 1.82) is 0 Å². The Morgan fingerprint density at radius 3 is 2.54 bits per heavy atom. The van der Waals surface area contributed by atoms with E-state index in [1.165, 1.54) is 0 Å². The molecule has 4 rings (SSSR count). The van der Waals surface area contributed by atoms with Gasteiger partial charge in [-0.25, -0.2) is 0 Å². The summed E-state index contributed by atoms with van der Waals surface area (Å²) >= 11 is 6.27. The van der Waals surface area contributed by atoms with Gasteiger partial charge in [-0.3, -0.25) is 9.59 Å². The lowest BCUT2D eigenvalue weighted by molar-refractivity contribution is -0.137. The molecule has 0 saturated heterocycles. The van der Waals surface area contributed by atoms with Crippen molar-refractivity contribution >= 4 is 29.2 Å². The lowest BCUT2D eigenvalue weighted by Crippen LogP contribution is -2.17. The molecule has 1 saturated carbocycles. The fourth-order valence-corrected chi connectivity index (χ4v) is 4.35. The van der Waals surface area contributed by atoms with Crippen molar-refractivity contribution in [2.75, 3.05) is 5.32 Å². The monoisotopic (exact) mass is 499 g/mol. The van der Waals surface area contributed by atoms with Gasteiger partial charge in [-0.05, 0) is 49.8 Å². The summed E-state index contributed by atoms with van der Waals surface area (Å²) in [7, 11) is 0. The average Bonchev–Trinajstić information content (AvgIpc) is 3.30. The van der Waals surface area contributed by atoms with Crippen LogP contribution in [0.25, 0.3) is 11.5 Å². The van der Waals surface area contributed by atoms with Crippen LogP contribution in [-0.4, -0.2) is 27.3 Å². The van der Waals surface area contributed by atoms with Crippen molar-refractivity contribution in [3.63, 3.8) is 0 Å². The molecule has 1 aliphatic rings. The number of aromatic nitrogens is 2. The summed E-state index contributed by atoms with van der Waals surface area (Å²) in [4.78, 5) is 24.3. The number of halogens is 1. The number of benzene rings is 1. The zero-order chi connectivity index (χ0) is 25.3. The summed E-state index contributed by atoms with van der Waals surface area (Å²) in [5.74, 6) is -0.137. The van der Waals surface area contributed by atoms with Gasteiger partial charge in [-0.1, -0.05) is 48.8 Å². The van der Waals surface area contributed by atoms with Crippen molar-refractivity contribution in [3.8, 4) is 11.5 Å². The maximum absolute atomic E-state index is 13.0. The molecule has 1 atom stereocenters. The summed E-state index contributed by atoms with van der Waals surface area (Å²) in [6, 6.07) is 7.25. The summed E-state index contributed by atoms with van der Waals surface area (Å²) < 4.78 is 11.3. The number of aliphatic carboxylic acids is 1. The number of hydrogen-bond acceptors (Lipinski definition) is 6. The molecule has 35 heavy (non-hydrogen) atoms. The van der Waals surface area contributed by atoms with E-state index in [9.17, 15) is 14.7 Å². The quantitative estimate of drug-likeness (QED) is 0.347. The first-order valence-electron chi connectivity index (χ1n) is 11.8. The molecule has 0 bridgehead atoms. The maximum atomic E-state index is 13.0. The highest BCUT2D eigenvalue weighted by molar-refractivity contribution is 6.33. The van der Waals surface area contributed by atoms with Crippen LogP contribution in [0.3, 0.4) is 0 Å². The van der Waals surface area contributed by atoms with Crippen molar-refractivity contribution in [2.24, 2.45) is 0 Å². The van der Waals surface area contributed by atoms with Crippen LogP contribution in [0.2, 0.25) is 5.02 Å². The highest BCUT2D eigenvalue weighted by Crippen LogP contribution is 2.49. The molecule has 1 fully saturated rings. The fraction of sp³-hybridized carbons (Fsp3) is 0.462. The van der Waals surface area contributed by atoms with Crippen LogP contribution in [-0.2, 0) is 15.0 Å². The number of anilines is 1. The van der Waals surface area contributed by atoms with Crippen LogP contribution in [0.15, 0.2) is 33.3 Å². The Kier molecular flexibility index (Phi) is 7.03. The molecule has 8 nitrogen and oxygen atoms in total. The first-order valence-corrected chi connectivity index (χ1v) is 12.2. The van der Waals surface area contributed by atoms with Crippen LogP contribution in [0.4, 0.5) is 5.69 Å². The molecule has 2 N–H and O–H groups in total. The third-order valence-electron chi connectivity index (χ3n) is 6.15. The van der Waals surface area contributed by atoms with Crippen LogP contribution in [0, 0.1) is 6.92 Å². The molecular formula is C26H30ClN3O5. The number of carboxylic acid groups (broad SMARTS) is 1. The van der Waals surface area contributed by atoms with Gasteiger partial charge >= 0.3 is 5.97 Å². The zero-order valence-corrected chi connectivity index (χ0v) is 21.1. The Hall–Kier alpha value is -3.13. The van der Waals surface area contributed by atoms with Crippen molar-refractivity contribution in [2.45, 2.75) is 77.0 Å². The largest absolute Gasteiger partial charge is 0.481 e. The lowest BCUT2D eigenvalue weighted by atomic mass is 9.89. The molecule has 1 amide bonds. The minimum absolute atomic E-state index is 0.0508. The highest BCUT2D eigenvalue weighted by Gasteiger charge is 2.37. The summed E-state index contributed by atoms with van der Waals surface area (Å²) in [6.45, 7) is 8.02. The zero-order valence-electron chi connectivity index (χ0n) is 20.4. The number of nitrogens with one attached hydrogen (secondary N) is 1. The SMILES string of the molecule is Cc1ccc(NC(=O)C[C@H](CCC(=O)O)c2noc(-c3cc(C(C)(C)C)on3)c2C2CC2)c(Cl)c1. The van der Waals surface area contributed by atoms with Gasteiger partial charge in [-0.2, -0.15) is 0 Å². The first kappa shape index (κ1) is 25.0. The summed E-state index contributed by atoms with van der Waals surface area (Å²) in [5, 5.41) is 21.1. The van der Waals surface area contributed by atoms with E-state index in [2.05, 4.69) is 15.6 Å². The van der Waals surface area contributed by atoms with Gasteiger partial charge in [0.05, 0.1) is 16.4 Å². The number of nitrogens with zero attached hydrogens (tertiary/aromatic N) is 2. The number of carboxylic acids is 1. The molecule has 9 heteroatoms. The Morgan fingerprint density at radius 1 is 1.20 bits per heavy atom. The molecule has 2 aromatic heterocycles.